The number of ether oxygens (including phenoxy) is 2. The summed E-state index contributed by atoms with van der Waals surface area (Å²) in [5.74, 6) is 5.22. The molecular formula is C6H14N2O2. The van der Waals surface area contributed by atoms with E-state index >= 15 is 0 Å². The summed E-state index contributed by atoms with van der Waals surface area (Å²) >= 11 is 0. The Bertz CT molecular complexity index is 79.7. The highest BCUT2D eigenvalue weighted by molar-refractivity contribution is 4.68. The SMILES string of the molecule is COC1CCC(NN)CO1. The fourth-order valence-electron chi connectivity index (χ4n) is 1.04. The minimum Gasteiger partial charge on any atom is -0.356 e. The van der Waals surface area contributed by atoms with Crippen LogP contribution in [0.15, 0.2) is 0 Å². The number of nitrogens with one attached hydrogen (secondary N) is 1. The largest absolute Gasteiger partial charge is 0.356 e. The van der Waals surface area contributed by atoms with Gasteiger partial charge in [-0.25, -0.2) is 0 Å². The Hall–Kier alpha value is -0.160. The van der Waals surface area contributed by atoms with E-state index in [0.29, 0.717) is 12.6 Å². The van der Waals surface area contributed by atoms with Crippen LogP contribution in [0.1, 0.15) is 12.8 Å². The quantitative estimate of drug-likeness (QED) is 0.411. The van der Waals surface area contributed by atoms with Crippen LogP contribution in [-0.2, 0) is 9.47 Å². The number of nitrogens with two attached hydrogens (primary N) is 1. The molecule has 0 aromatic carbocycles. The Balaban J connectivity index is 2.17. The first-order valence-corrected chi connectivity index (χ1v) is 3.47. The maximum atomic E-state index is 5.27. The van der Waals surface area contributed by atoms with Gasteiger partial charge in [0.05, 0.1) is 6.61 Å². The summed E-state index contributed by atoms with van der Waals surface area (Å²) in [7, 11) is 1.65. The molecule has 0 bridgehead atoms. The predicted octanol–water partition coefficient (Wildman–Crippen LogP) is -0.399. The molecule has 2 atom stereocenters. The van der Waals surface area contributed by atoms with Gasteiger partial charge in [-0.2, -0.15) is 0 Å². The predicted molar refractivity (Wildman–Crippen MR) is 37.1 cm³/mol. The molecule has 0 radical (unpaired) electrons. The number of hydrazine groups is 1. The zero-order valence-corrected chi connectivity index (χ0v) is 6.17. The van der Waals surface area contributed by atoms with Crippen molar-refractivity contribution in [1.82, 2.24) is 5.43 Å². The summed E-state index contributed by atoms with van der Waals surface area (Å²) in [6.07, 6.45) is 1.92. The van der Waals surface area contributed by atoms with E-state index < -0.39 is 0 Å². The second-order valence-corrected chi connectivity index (χ2v) is 2.44. The molecule has 0 spiro atoms. The second kappa shape index (κ2) is 3.88. The lowest BCUT2D eigenvalue weighted by Gasteiger charge is -2.27. The van der Waals surface area contributed by atoms with Gasteiger partial charge < -0.3 is 9.47 Å². The van der Waals surface area contributed by atoms with Crippen molar-refractivity contribution in [3.8, 4) is 0 Å². The molecule has 0 aromatic heterocycles. The molecule has 2 unspecified atom stereocenters. The van der Waals surface area contributed by atoms with Gasteiger partial charge in [-0.1, -0.05) is 0 Å². The van der Waals surface area contributed by atoms with Crippen molar-refractivity contribution in [2.75, 3.05) is 13.7 Å². The van der Waals surface area contributed by atoms with Gasteiger partial charge >= 0.3 is 0 Å². The highest BCUT2D eigenvalue weighted by atomic mass is 16.7. The summed E-state index contributed by atoms with van der Waals surface area (Å²) in [5.41, 5.74) is 2.67. The molecule has 0 amide bonds. The molecule has 1 aliphatic heterocycles. The van der Waals surface area contributed by atoms with Crippen molar-refractivity contribution in [1.29, 1.82) is 0 Å². The van der Waals surface area contributed by atoms with E-state index in [4.69, 9.17) is 15.3 Å². The molecule has 60 valence electrons. The van der Waals surface area contributed by atoms with E-state index in [9.17, 15) is 0 Å². The Labute approximate surface area is 60.6 Å². The second-order valence-electron chi connectivity index (χ2n) is 2.44. The van der Waals surface area contributed by atoms with Gasteiger partial charge in [-0.05, 0) is 12.8 Å². The van der Waals surface area contributed by atoms with Crippen molar-refractivity contribution in [3.63, 3.8) is 0 Å². The van der Waals surface area contributed by atoms with Gasteiger partial charge in [0.25, 0.3) is 0 Å². The van der Waals surface area contributed by atoms with Gasteiger partial charge in [0, 0.05) is 13.2 Å². The Kier molecular flexibility index (Phi) is 3.08. The molecule has 1 heterocycles. The molecule has 1 aliphatic rings. The molecule has 1 rings (SSSR count). The van der Waals surface area contributed by atoms with Crippen molar-refractivity contribution in [2.24, 2.45) is 5.84 Å². The molecule has 3 N–H and O–H groups in total. The van der Waals surface area contributed by atoms with Gasteiger partial charge in [-0.3, -0.25) is 11.3 Å². The van der Waals surface area contributed by atoms with E-state index in [1.807, 2.05) is 0 Å². The summed E-state index contributed by atoms with van der Waals surface area (Å²) in [4.78, 5) is 0. The fourth-order valence-corrected chi connectivity index (χ4v) is 1.04. The number of rotatable bonds is 2. The van der Waals surface area contributed by atoms with Gasteiger partial charge in [0.1, 0.15) is 0 Å². The third-order valence-electron chi connectivity index (χ3n) is 1.73. The minimum atomic E-state index is -0.0235. The van der Waals surface area contributed by atoms with E-state index in [1.165, 1.54) is 0 Å². The lowest BCUT2D eigenvalue weighted by molar-refractivity contribution is -0.152. The smallest absolute Gasteiger partial charge is 0.157 e. The first-order valence-electron chi connectivity index (χ1n) is 3.47. The van der Waals surface area contributed by atoms with Crippen molar-refractivity contribution < 1.29 is 9.47 Å². The Morgan fingerprint density at radius 3 is 2.80 bits per heavy atom. The number of hydrogen-bond acceptors (Lipinski definition) is 4. The molecule has 10 heavy (non-hydrogen) atoms. The van der Waals surface area contributed by atoms with Crippen LogP contribution in [0.25, 0.3) is 0 Å². The van der Waals surface area contributed by atoms with Crippen molar-refractivity contribution >= 4 is 0 Å². The molecule has 0 aromatic rings. The molecule has 0 aliphatic carbocycles. The van der Waals surface area contributed by atoms with Gasteiger partial charge in [0.15, 0.2) is 6.29 Å². The lowest BCUT2D eigenvalue weighted by atomic mass is 10.1. The van der Waals surface area contributed by atoms with Gasteiger partial charge in [-0.15, -0.1) is 0 Å². The highest BCUT2D eigenvalue weighted by Crippen LogP contribution is 2.12. The molecule has 4 heteroatoms. The number of methoxy groups -OCH3 is 1. The molecule has 4 nitrogen and oxygen atoms in total. The number of hydrogen-bond donors (Lipinski definition) is 2. The van der Waals surface area contributed by atoms with Crippen molar-refractivity contribution in [3.05, 3.63) is 0 Å². The maximum absolute atomic E-state index is 5.27. The third kappa shape index (κ3) is 1.91. The zero-order valence-electron chi connectivity index (χ0n) is 6.17. The van der Waals surface area contributed by atoms with Crippen LogP contribution in [-0.4, -0.2) is 26.0 Å². The van der Waals surface area contributed by atoms with Crippen LogP contribution in [0.4, 0.5) is 0 Å². The maximum Gasteiger partial charge on any atom is 0.157 e. The molecule has 1 fully saturated rings. The van der Waals surface area contributed by atoms with Crippen LogP contribution in [0.3, 0.4) is 0 Å². The molecule has 0 saturated carbocycles. The van der Waals surface area contributed by atoms with Crippen molar-refractivity contribution in [2.45, 2.75) is 25.2 Å². The normalized spacial score (nSPS) is 34.2. The Morgan fingerprint density at radius 2 is 2.40 bits per heavy atom. The van der Waals surface area contributed by atoms with E-state index in [-0.39, 0.29) is 6.29 Å². The molecule has 1 saturated heterocycles. The zero-order chi connectivity index (χ0) is 7.40. The highest BCUT2D eigenvalue weighted by Gasteiger charge is 2.19. The minimum absolute atomic E-state index is 0.0235. The topological polar surface area (TPSA) is 56.5 Å². The van der Waals surface area contributed by atoms with Crippen LogP contribution >= 0.6 is 0 Å². The van der Waals surface area contributed by atoms with E-state index in [0.717, 1.165) is 12.8 Å². The third-order valence-corrected chi connectivity index (χ3v) is 1.73. The average molecular weight is 146 g/mol. The summed E-state index contributed by atoms with van der Waals surface area (Å²) in [6, 6.07) is 0.298. The van der Waals surface area contributed by atoms with E-state index in [1.54, 1.807) is 7.11 Å². The lowest BCUT2D eigenvalue weighted by Crippen LogP contribution is -2.43. The van der Waals surface area contributed by atoms with Crippen LogP contribution in [0, 0.1) is 0 Å². The van der Waals surface area contributed by atoms with Gasteiger partial charge in [0.2, 0.25) is 0 Å². The standard InChI is InChI=1S/C6H14N2O2/c1-9-6-3-2-5(8-7)4-10-6/h5-6,8H,2-4,7H2,1H3. The van der Waals surface area contributed by atoms with Crippen LogP contribution < -0.4 is 11.3 Å². The molecular weight excluding hydrogens is 132 g/mol. The fraction of sp³-hybridized carbons (Fsp3) is 1.00. The van der Waals surface area contributed by atoms with Crippen LogP contribution in [0.2, 0.25) is 0 Å². The summed E-state index contributed by atoms with van der Waals surface area (Å²) in [5, 5.41) is 0. The summed E-state index contributed by atoms with van der Waals surface area (Å²) in [6.45, 7) is 0.648. The van der Waals surface area contributed by atoms with Crippen LogP contribution in [0.5, 0.6) is 0 Å². The van der Waals surface area contributed by atoms with E-state index in [2.05, 4.69) is 5.43 Å². The average Bonchev–Trinajstić information content (AvgIpc) is 2.05. The monoisotopic (exact) mass is 146 g/mol. The first-order chi connectivity index (χ1) is 4.86. The first kappa shape index (κ1) is 7.94. The Morgan fingerprint density at radius 1 is 1.60 bits per heavy atom. The summed E-state index contributed by atoms with van der Waals surface area (Å²) < 4.78 is 10.3.